The average Bonchev–Trinajstić information content (AvgIpc) is 3.51. The normalized spacial score (nSPS) is 16.9. The maximum Gasteiger partial charge on any atom is 0.332 e. The zero-order chi connectivity index (χ0) is 27.2. The van der Waals surface area contributed by atoms with Crippen LogP contribution >= 0.6 is 0 Å². The molecule has 0 bridgehead atoms. The molecule has 0 aromatic carbocycles. The summed E-state index contributed by atoms with van der Waals surface area (Å²) in [6, 6.07) is 0. The first kappa shape index (κ1) is 37.3. The first-order chi connectivity index (χ1) is 16.2. The van der Waals surface area contributed by atoms with Crippen LogP contribution in [-0.2, 0) is 14.4 Å². The highest BCUT2D eigenvalue weighted by atomic mass is 16.2. The van der Waals surface area contributed by atoms with E-state index < -0.39 is 0 Å². The third-order valence-electron chi connectivity index (χ3n) is 6.38. The Balaban J connectivity index is -0.000000834. The van der Waals surface area contributed by atoms with E-state index in [1.165, 1.54) is 19.8 Å². The molecule has 1 saturated carbocycles. The first-order valence-electron chi connectivity index (χ1n) is 14.3. The van der Waals surface area contributed by atoms with Crippen molar-refractivity contribution in [3.8, 4) is 0 Å². The van der Waals surface area contributed by atoms with Crippen molar-refractivity contribution < 1.29 is 18.9 Å². The Labute approximate surface area is 213 Å². The van der Waals surface area contributed by atoms with Crippen LogP contribution in [0, 0.1) is 11.3 Å². The van der Waals surface area contributed by atoms with Crippen LogP contribution in [0.15, 0.2) is 0 Å². The lowest BCUT2D eigenvalue weighted by molar-refractivity contribution is -0.821. The van der Waals surface area contributed by atoms with Gasteiger partial charge in [0.1, 0.15) is 12.8 Å². The largest absolute Gasteiger partial charge is 0.332 e. The molecule has 1 aliphatic carbocycles. The summed E-state index contributed by atoms with van der Waals surface area (Å²) >= 11 is 0. The molecule has 0 radical (unpaired) electrons. The highest BCUT2D eigenvalue weighted by molar-refractivity contribution is 5.88. The Kier molecular flexibility index (Phi) is 24.4. The minimum Gasteiger partial charge on any atom is -0.329 e. The Hall–Kier alpha value is -1.23. The van der Waals surface area contributed by atoms with Crippen molar-refractivity contribution in [1.29, 1.82) is 0 Å². The van der Waals surface area contributed by atoms with Gasteiger partial charge in [0.15, 0.2) is 0 Å². The summed E-state index contributed by atoms with van der Waals surface area (Å²) in [6.45, 7) is 23.2. The molecule has 2 amide bonds. The number of amides is 2. The molecule has 2 aliphatic rings. The van der Waals surface area contributed by atoms with E-state index in [0.717, 1.165) is 70.9 Å². The van der Waals surface area contributed by atoms with Gasteiger partial charge in [0.25, 0.3) is 0 Å². The molecule has 1 aliphatic heterocycles. The van der Waals surface area contributed by atoms with Crippen LogP contribution in [0.1, 0.15) is 127 Å². The van der Waals surface area contributed by atoms with Gasteiger partial charge in [-0.15, -0.1) is 0 Å². The molecule has 0 aromatic rings. The third-order valence-corrected chi connectivity index (χ3v) is 6.38. The molecular formula is C29H61N2O3+. The number of carbonyl (C=O) groups excluding carboxylic acids is 3. The Morgan fingerprint density at radius 1 is 1.00 bits per heavy atom. The molecule has 2 rings (SSSR count). The van der Waals surface area contributed by atoms with Crippen LogP contribution < -0.4 is 0 Å². The topological polar surface area (TPSA) is 54.5 Å². The second kappa shape index (κ2) is 22.2. The van der Waals surface area contributed by atoms with Crippen molar-refractivity contribution >= 4 is 18.1 Å². The number of likely N-dealkylation sites (tertiary alicyclic amines) is 1. The minimum absolute atomic E-state index is 0.136. The van der Waals surface area contributed by atoms with Crippen molar-refractivity contribution in [2.45, 2.75) is 127 Å². The number of quaternary nitrogens is 1. The smallest absolute Gasteiger partial charge is 0.329 e. The molecule has 0 N–H and O–H groups in total. The van der Waals surface area contributed by atoms with Gasteiger partial charge in [0.2, 0.25) is 5.91 Å². The van der Waals surface area contributed by atoms with Crippen LogP contribution in [0.2, 0.25) is 0 Å². The summed E-state index contributed by atoms with van der Waals surface area (Å²) in [7, 11) is 2.04. The molecule has 1 atom stereocenters. The fraction of sp³-hybridized carbons (Fsp3) is 0.897. The number of likely N-dealkylation sites (N-methyl/N-ethyl adjacent to an activating group) is 1. The predicted octanol–water partition coefficient (Wildman–Crippen LogP) is 7.27. The Bertz CT molecular complexity index is 510. The summed E-state index contributed by atoms with van der Waals surface area (Å²) in [4.78, 5) is 36.6. The molecule has 1 heterocycles. The number of hydrogen-bond donors (Lipinski definition) is 0. The standard InChI is InChI=1S/C20H37N2O2.C3H8.C2H4O.2C2H6/c1-5-13-21(16-18(23)22(4)14-7-8-15-22)19(24)20(11-12-20)10-9-17(3)6-2;1-3-2;1-2-3;2*1-2/h17H,5-16H2,1-4H3;3H2,1-2H3;2H,1H3;2*1-2H3/q+1;;;;. The summed E-state index contributed by atoms with van der Waals surface area (Å²) in [5.74, 6) is 1.17. The van der Waals surface area contributed by atoms with Crippen molar-refractivity contribution in [2.24, 2.45) is 11.3 Å². The zero-order valence-corrected chi connectivity index (χ0v) is 25.0. The number of aldehydes is 1. The van der Waals surface area contributed by atoms with Crippen LogP contribution in [0.5, 0.6) is 0 Å². The molecule has 0 spiro atoms. The van der Waals surface area contributed by atoms with E-state index in [0.29, 0.717) is 16.9 Å². The van der Waals surface area contributed by atoms with Gasteiger partial charge in [-0.05, 0) is 44.9 Å². The van der Waals surface area contributed by atoms with E-state index >= 15 is 0 Å². The third kappa shape index (κ3) is 14.2. The van der Waals surface area contributed by atoms with Crippen LogP contribution in [-0.4, -0.2) is 60.7 Å². The molecule has 5 heteroatoms. The number of carbonyl (C=O) groups is 3. The van der Waals surface area contributed by atoms with Crippen molar-refractivity contribution in [2.75, 3.05) is 33.2 Å². The van der Waals surface area contributed by atoms with Gasteiger partial charge < -0.3 is 9.69 Å². The molecule has 204 valence electrons. The lowest BCUT2D eigenvalue weighted by Gasteiger charge is -2.31. The Morgan fingerprint density at radius 3 is 1.79 bits per heavy atom. The van der Waals surface area contributed by atoms with Gasteiger partial charge in [-0.2, -0.15) is 0 Å². The predicted molar refractivity (Wildman–Crippen MR) is 148 cm³/mol. The lowest BCUT2D eigenvalue weighted by atomic mass is 9.92. The molecule has 1 saturated heterocycles. The molecule has 2 fully saturated rings. The summed E-state index contributed by atoms with van der Waals surface area (Å²) in [6.07, 6.45) is 10.5. The average molecular weight is 486 g/mol. The van der Waals surface area contributed by atoms with Gasteiger partial charge >= 0.3 is 5.91 Å². The maximum absolute atomic E-state index is 13.1. The van der Waals surface area contributed by atoms with Gasteiger partial charge in [0, 0.05) is 24.8 Å². The fourth-order valence-corrected chi connectivity index (χ4v) is 3.92. The van der Waals surface area contributed by atoms with E-state index in [4.69, 9.17) is 4.79 Å². The van der Waals surface area contributed by atoms with Crippen LogP contribution in [0.4, 0.5) is 0 Å². The summed E-state index contributed by atoms with van der Waals surface area (Å²) in [5, 5.41) is 0. The first-order valence-corrected chi connectivity index (χ1v) is 14.3. The van der Waals surface area contributed by atoms with Crippen molar-refractivity contribution in [3.05, 3.63) is 0 Å². The monoisotopic (exact) mass is 485 g/mol. The number of nitrogens with zero attached hydrogens (tertiary/aromatic N) is 2. The van der Waals surface area contributed by atoms with E-state index in [2.05, 4.69) is 34.6 Å². The van der Waals surface area contributed by atoms with Gasteiger partial charge in [-0.1, -0.05) is 75.2 Å². The van der Waals surface area contributed by atoms with E-state index in [1.807, 2.05) is 39.6 Å². The van der Waals surface area contributed by atoms with E-state index in [9.17, 15) is 9.59 Å². The van der Waals surface area contributed by atoms with Gasteiger partial charge in [0.05, 0.1) is 20.1 Å². The molecule has 0 aromatic heterocycles. The number of hydrogen-bond acceptors (Lipinski definition) is 3. The maximum atomic E-state index is 13.1. The van der Waals surface area contributed by atoms with E-state index in [-0.39, 0.29) is 17.2 Å². The van der Waals surface area contributed by atoms with Gasteiger partial charge in [-0.25, -0.2) is 4.79 Å². The second-order valence-electron chi connectivity index (χ2n) is 9.45. The van der Waals surface area contributed by atoms with Crippen LogP contribution in [0.25, 0.3) is 0 Å². The van der Waals surface area contributed by atoms with E-state index in [1.54, 1.807) is 0 Å². The quantitative estimate of drug-likeness (QED) is 0.255. The Morgan fingerprint density at radius 2 is 1.44 bits per heavy atom. The highest BCUT2D eigenvalue weighted by Gasteiger charge is 2.51. The van der Waals surface area contributed by atoms with Crippen molar-refractivity contribution in [3.63, 3.8) is 0 Å². The molecular weight excluding hydrogens is 424 g/mol. The number of rotatable bonds is 9. The zero-order valence-electron chi connectivity index (χ0n) is 25.0. The fourth-order valence-electron chi connectivity index (χ4n) is 3.92. The highest BCUT2D eigenvalue weighted by Crippen LogP contribution is 2.51. The molecule has 34 heavy (non-hydrogen) atoms. The second-order valence-corrected chi connectivity index (χ2v) is 9.45. The molecule has 1 unspecified atom stereocenters. The summed E-state index contributed by atoms with van der Waals surface area (Å²) < 4.78 is 0.521. The SMILES string of the molecule is CC.CC.CC=O.CCC.CCCN(CC(=O)[N+]1(C)CCCC1)C(=O)C1(CCC(C)CC)CC1. The summed E-state index contributed by atoms with van der Waals surface area (Å²) in [5.41, 5.74) is -0.136. The van der Waals surface area contributed by atoms with Crippen LogP contribution in [0.3, 0.4) is 0 Å². The van der Waals surface area contributed by atoms with Gasteiger partial charge in [-0.3, -0.25) is 9.28 Å². The van der Waals surface area contributed by atoms with Crippen molar-refractivity contribution in [1.82, 2.24) is 4.90 Å². The molecule has 5 nitrogen and oxygen atoms in total. The lowest BCUT2D eigenvalue weighted by Crippen LogP contribution is -2.53. The minimum atomic E-state index is -0.136.